The number of benzene rings is 1. The van der Waals surface area contributed by atoms with Gasteiger partial charge in [-0.2, -0.15) is 0 Å². The van der Waals surface area contributed by atoms with Gasteiger partial charge in [0, 0.05) is 13.1 Å². The van der Waals surface area contributed by atoms with Crippen molar-refractivity contribution in [3.63, 3.8) is 0 Å². The lowest BCUT2D eigenvalue weighted by Gasteiger charge is -2.06. The molecule has 20 heavy (non-hydrogen) atoms. The Morgan fingerprint density at radius 3 is 3.05 bits per heavy atom. The summed E-state index contributed by atoms with van der Waals surface area (Å²) in [7, 11) is 1.79. The summed E-state index contributed by atoms with van der Waals surface area (Å²) >= 11 is 0. The van der Waals surface area contributed by atoms with Crippen LogP contribution >= 0.6 is 0 Å². The molecule has 1 heterocycles. The second-order valence-corrected chi connectivity index (χ2v) is 5.25. The van der Waals surface area contributed by atoms with Crippen LogP contribution in [0.2, 0.25) is 0 Å². The van der Waals surface area contributed by atoms with Gasteiger partial charge in [-0.1, -0.05) is 0 Å². The van der Waals surface area contributed by atoms with E-state index in [-0.39, 0.29) is 18.3 Å². The Hall–Kier alpha value is -1.95. The molecule has 0 saturated heterocycles. The summed E-state index contributed by atoms with van der Waals surface area (Å²) in [5.74, 6) is 0.703. The number of carbonyl (C=O) groups is 1. The number of hydrogen-bond donors (Lipinski definition) is 2. The largest absolute Gasteiger partial charge is 0.313 e. The molecule has 0 atom stereocenters. The molecule has 106 valence electrons. The van der Waals surface area contributed by atoms with Crippen molar-refractivity contribution in [2.45, 2.75) is 12.8 Å². The number of nitrogens with zero attached hydrogens (tertiary/aromatic N) is 2. The molecule has 1 aromatic carbocycles. The standard InChI is InChI=1S/C14H17FN4O/c1-19-12-5-4-10(15)6-11(12)17-14(19)18-13(20)8-16-7-9-2-3-9/h4-6,9,16H,2-3,7-8H2,1H3,(H,17,18,20). The molecule has 1 aromatic heterocycles. The Morgan fingerprint density at radius 2 is 2.30 bits per heavy atom. The number of imidazole rings is 1. The van der Waals surface area contributed by atoms with Gasteiger partial charge in [-0.25, -0.2) is 9.37 Å². The molecule has 1 aliphatic carbocycles. The first kappa shape index (κ1) is 13.1. The summed E-state index contributed by atoms with van der Waals surface area (Å²) in [6.45, 7) is 1.16. The summed E-state index contributed by atoms with van der Waals surface area (Å²) in [5.41, 5.74) is 1.32. The maximum Gasteiger partial charge on any atom is 0.240 e. The van der Waals surface area contributed by atoms with E-state index in [0.29, 0.717) is 11.5 Å². The first-order valence-electron chi connectivity index (χ1n) is 6.76. The number of fused-ring (bicyclic) bond motifs is 1. The van der Waals surface area contributed by atoms with Gasteiger partial charge in [0.25, 0.3) is 0 Å². The zero-order valence-electron chi connectivity index (χ0n) is 11.3. The van der Waals surface area contributed by atoms with Crippen molar-refractivity contribution in [3.05, 3.63) is 24.0 Å². The number of rotatable bonds is 5. The van der Waals surface area contributed by atoms with Crippen LogP contribution in [0.1, 0.15) is 12.8 Å². The summed E-state index contributed by atoms with van der Waals surface area (Å²) < 4.78 is 14.9. The fourth-order valence-electron chi connectivity index (χ4n) is 2.17. The lowest BCUT2D eigenvalue weighted by atomic mass is 10.3. The van der Waals surface area contributed by atoms with E-state index in [1.807, 2.05) is 0 Å². The maximum absolute atomic E-state index is 13.1. The molecule has 1 saturated carbocycles. The van der Waals surface area contributed by atoms with Crippen LogP contribution in [0.15, 0.2) is 18.2 Å². The fraction of sp³-hybridized carbons (Fsp3) is 0.429. The van der Waals surface area contributed by atoms with Gasteiger partial charge in [0.15, 0.2) is 0 Å². The SMILES string of the molecule is Cn1c(NC(=O)CNCC2CC2)nc2cc(F)ccc21. The molecule has 2 aromatic rings. The van der Waals surface area contributed by atoms with Crippen LogP contribution in [-0.4, -0.2) is 28.5 Å². The third-order valence-electron chi connectivity index (χ3n) is 3.51. The highest BCUT2D eigenvalue weighted by molar-refractivity contribution is 5.92. The Bertz CT molecular complexity index is 648. The van der Waals surface area contributed by atoms with E-state index < -0.39 is 0 Å². The smallest absolute Gasteiger partial charge is 0.240 e. The average Bonchev–Trinajstić information content (AvgIpc) is 3.17. The van der Waals surface area contributed by atoms with Gasteiger partial charge in [-0.3, -0.25) is 10.1 Å². The monoisotopic (exact) mass is 276 g/mol. The van der Waals surface area contributed by atoms with Gasteiger partial charge in [0.1, 0.15) is 5.82 Å². The minimum Gasteiger partial charge on any atom is -0.313 e. The summed E-state index contributed by atoms with van der Waals surface area (Å²) in [6.07, 6.45) is 2.51. The molecule has 1 amide bonds. The van der Waals surface area contributed by atoms with E-state index in [2.05, 4.69) is 15.6 Å². The van der Waals surface area contributed by atoms with E-state index >= 15 is 0 Å². The predicted molar refractivity (Wildman–Crippen MR) is 74.9 cm³/mol. The Balaban J connectivity index is 1.66. The first-order chi connectivity index (χ1) is 9.63. The molecule has 0 radical (unpaired) electrons. The zero-order valence-corrected chi connectivity index (χ0v) is 11.3. The summed E-state index contributed by atoms with van der Waals surface area (Å²) in [6, 6.07) is 4.39. The van der Waals surface area contributed by atoms with Crippen LogP contribution in [0.25, 0.3) is 11.0 Å². The Labute approximate surface area is 116 Å². The van der Waals surface area contributed by atoms with Gasteiger partial charge in [-0.15, -0.1) is 0 Å². The Morgan fingerprint density at radius 1 is 1.50 bits per heavy atom. The average molecular weight is 276 g/mol. The molecular weight excluding hydrogens is 259 g/mol. The highest BCUT2D eigenvalue weighted by Gasteiger charge is 2.20. The molecule has 6 heteroatoms. The predicted octanol–water partition coefficient (Wildman–Crippen LogP) is 1.65. The van der Waals surface area contributed by atoms with Gasteiger partial charge >= 0.3 is 0 Å². The molecule has 0 bridgehead atoms. The molecule has 0 spiro atoms. The van der Waals surface area contributed by atoms with Gasteiger partial charge in [-0.05, 0) is 37.4 Å². The third kappa shape index (κ3) is 2.80. The van der Waals surface area contributed by atoms with E-state index in [9.17, 15) is 9.18 Å². The molecule has 1 aliphatic rings. The topological polar surface area (TPSA) is 59.0 Å². The number of aryl methyl sites for hydroxylation is 1. The van der Waals surface area contributed by atoms with Gasteiger partial charge < -0.3 is 9.88 Å². The van der Waals surface area contributed by atoms with E-state index in [0.717, 1.165) is 18.0 Å². The number of carbonyl (C=O) groups excluding carboxylic acids is 1. The highest BCUT2D eigenvalue weighted by atomic mass is 19.1. The molecule has 0 unspecified atom stereocenters. The number of hydrogen-bond acceptors (Lipinski definition) is 3. The van der Waals surface area contributed by atoms with E-state index in [1.165, 1.54) is 25.0 Å². The van der Waals surface area contributed by atoms with Gasteiger partial charge in [0.05, 0.1) is 17.6 Å². The van der Waals surface area contributed by atoms with Crippen molar-refractivity contribution >= 4 is 22.9 Å². The lowest BCUT2D eigenvalue weighted by Crippen LogP contribution is -2.30. The minimum atomic E-state index is -0.334. The van der Waals surface area contributed by atoms with Crippen LogP contribution in [0.4, 0.5) is 10.3 Å². The van der Waals surface area contributed by atoms with Crippen molar-refractivity contribution in [1.82, 2.24) is 14.9 Å². The number of aromatic nitrogens is 2. The van der Waals surface area contributed by atoms with Crippen molar-refractivity contribution < 1.29 is 9.18 Å². The van der Waals surface area contributed by atoms with Crippen molar-refractivity contribution in [1.29, 1.82) is 0 Å². The maximum atomic E-state index is 13.1. The second kappa shape index (κ2) is 5.20. The number of anilines is 1. The van der Waals surface area contributed by atoms with E-state index in [4.69, 9.17) is 0 Å². The lowest BCUT2D eigenvalue weighted by molar-refractivity contribution is -0.115. The number of nitrogens with one attached hydrogen (secondary N) is 2. The molecule has 2 N–H and O–H groups in total. The van der Waals surface area contributed by atoms with Crippen molar-refractivity contribution in [3.8, 4) is 0 Å². The molecule has 0 aliphatic heterocycles. The highest BCUT2D eigenvalue weighted by Crippen LogP contribution is 2.27. The molecular formula is C14H17FN4O. The van der Waals surface area contributed by atoms with Crippen LogP contribution in [-0.2, 0) is 11.8 Å². The second-order valence-electron chi connectivity index (χ2n) is 5.25. The number of halogens is 1. The zero-order chi connectivity index (χ0) is 14.1. The Kier molecular flexibility index (Phi) is 3.40. The van der Waals surface area contributed by atoms with Crippen molar-refractivity contribution in [2.75, 3.05) is 18.4 Å². The first-order valence-corrected chi connectivity index (χ1v) is 6.76. The molecule has 1 fully saturated rings. The molecule has 5 nitrogen and oxygen atoms in total. The quantitative estimate of drug-likeness (QED) is 0.873. The van der Waals surface area contributed by atoms with Crippen LogP contribution in [0.3, 0.4) is 0 Å². The normalized spacial score (nSPS) is 14.7. The van der Waals surface area contributed by atoms with Crippen LogP contribution in [0, 0.1) is 11.7 Å². The van der Waals surface area contributed by atoms with Crippen molar-refractivity contribution in [2.24, 2.45) is 13.0 Å². The van der Waals surface area contributed by atoms with Crippen LogP contribution < -0.4 is 10.6 Å². The van der Waals surface area contributed by atoms with E-state index in [1.54, 1.807) is 17.7 Å². The molecule has 3 rings (SSSR count). The summed E-state index contributed by atoms with van der Waals surface area (Å²) in [5, 5.41) is 5.86. The summed E-state index contributed by atoms with van der Waals surface area (Å²) in [4.78, 5) is 16.0. The van der Waals surface area contributed by atoms with Gasteiger partial charge in [0.2, 0.25) is 11.9 Å². The minimum absolute atomic E-state index is 0.135. The third-order valence-corrected chi connectivity index (χ3v) is 3.51. The van der Waals surface area contributed by atoms with Crippen LogP contribution in [0.5, 0.6) is 0 Å². The number of amides is 1. The fourth-order valence-corrected chi connectivity index (χ4v) is 2.17.